The number of thiophene rings is 1. The van der Waals surface area contributed by atoms with Crippen LogP contribution in [0.5, 0.6) is 0 Å². The maximum atomic E-state index is 13.3. The summed E-state index contributed by atoms with van der Waals surface area (Å²) in [5.74, 6) is 0.137. The van der Waals surface area contributed by atoms with Gasteiger partial charge in [0.2, 0.25) is 10.0 Å². The Morgan fingerprint density at radius 2 is 1.97 bits per heavy atom. The van der Waals surface area contributed by atoms with E-state index in [2.05, 4.69) is 10.0 Å². The van der Waals surface area contributed by atoms with Crippen LogP contribution in [0.4, 0.5) is 5.69 Å². The molecule has 8 heteroatoms. The molecule has 1 aliphatic carbocycles. The van der Waals surface area contributed by atoms with Crippen LogP contribution in [0.25, 0.3) is 0 Å². The van der Waals surface area contributed by atoms with E-state index >= 15 is 0 Å². The van der Waals surface area contributed by atoms with Crippen molar-refractivity contribution in [1.29, 1.82) is 0 Å². The SMILES string of the molecule is O=C(c1csc2c1CCCC2)N1CCC[C@H]([C@H]2Nc3ccccc3S(=O)(=O)N2)C1. The number of aryl methyl sites for hydroxylation is 1. The van der Waals surface area contributed by atoms with Crippen molar-refractivity contribution in [1.82, 2.24) is 9.62 Å². The first kappa shape index (κ1) is 19.1. The molecule has 1 aromatic heterocycles. The fraction of sp³-hybridized carbons (Fsp3) is 0.476. The van der Waals surface area contributed by atoms with Crippen molar-refractivity contribution >= 4 is 33.0 Å². The van der Waals surface area contributed by atoms with Gasteiger partial charge in [0.15, 0.2) is 0 Å². The molecule has 6 nitrogen and oxygen atoms in total. The lowest BCUT2D eigenvalue weighted by atomic mass is 9.92. The van der Waals surface area contributed by atoms with Gasteiger partial charge in [0.25, 0.3) is 5.91 Å². The minimum absolute atomic E-state index is 0.0327. The standard InChI is InChI=1S/C21H25N3O3S2/c25-21(16-13-28-18-9-3-1-7-15(16)18)24-11-5-6-14(12-24)20-22-17-8-2-4-10-19(17)29(26,27)23-20/h2,4,8,10,13-14,20,22-23H,1,3,5-7,9,11-12H2/t14-,20-/m0/s1. The van der Waals surface area contributed by atoms with Gasteiger partial charge >= 0.3 is 0 Å². The molecule has 0 unspecified atom stereocenters. The fourth-order valence-corrected chi connectivity index (χ4v) is 7.28. The van der Waals surface area contributed by atoms with E-state index in [1.165, 1.54) is 16.9 Å². The van der Waals surface area contributed by atoms with E-state index in [-0.39, 0.29) is 16.7 Å². The molecule has 1 fully saturated rings. The Bertz CT molecular complexity index is 1050. The average Bonchev–Trinajstić information content (AvgIpc) is 3.17. The molecule has 2 N–H and O–H groups in total. The third-order valence-corrected chi connectivity index (χ3v) is 8.87. The Balaban J connectivity index is 1.35. The lowest BCUT2D eigenvalue weighted by Crippen LogP contribution is -2.54. The lowest BCUT2D eigenvalue weighted by molar-refractivity contribution is 0.0658. The smallest absolute Gasteiger partial charge is 0.254 e. The number of likely N-dealkylation sites (tertiary alicyclic amines) is 1. The van der Waals surface area contributed by atoms with E-state index < -0.39 is 16.2 Å². The summed E-state index contributed by atoms with van der Waals surface area (Å²) in [6.45, 7) is 1.29. The molecule has 0 spiro atoms. The van der Waals surface area contributed by atoms with Gasteiger partial charge in [0.1, 0.15) is 4.90 Å². The maximum absolute atomic E-state index is 13.3. The topological polar surface area (TPSA) is 78.5 Å². The van der Waals surface area contributed by atoms with Gasteiger partial charge in [0.05, 0.1) is 17.4 Å². The zero-order chi connectivity index (χ0) is 20.0. The molecular weight excluding hydrogens is 406 g/mol. The Kier molecular flexibility index (Phi) is 4.88. The number of benzene rings is 1. The molecule has 1 amide bonds. The van der Waals surface area contributed by atoms with Gasteiger partial charge in [-0.05, 0) is 56.2 Å². The van der Waals surface area contributed by atoms with Crippen LogP contribution in [-0.4, -0.2) is 38.5 Å². The highest BCUT2D eigenvalue weighted by atomic mass is 32.2. The molecule has 1 saturated heterocycles. The Morgan fingerprint density at radius 1 is 1.14 bits per heavy atom. The first-order valence-electron chi connectivity index (χ1n) is 10.3. The average molecular weight is 432 g/mol. The molecule has 1 aromatic carbocycles. The number of para-hydroxylation sites is 1. The quantitative estimate of drug-likeness (QED) is 0.765. The molecule has 2 aliphatic heterocycles. The summed E-state index contributed by atoms with van der Waals surface area (Å²) >= 11 is 1.71. The summed E-state index contributed by atoms with van der Waals surface area (Å²) in [4.78, 5) is 16.8. The van der Waals surface area contributed by atoms with Crippen LogP contribution in [0.2, 0.25) is 0 Å². The summed E-state index contributed by atoms with van der Waals surface area (Å²) in [6, 6.07) is 6.96. The van der Waals surface area contributed by atoms with Crippen LogP contribution >= 0.6 is 11.3 Å². The van der Waals surface area contributed by atoms with E-state index in [1.807, 2.05) is 16.3 Å². The number of anilines is 1. The lowest BCUT2D eigenvalue weighted by Gasteiger charge is -2.39. The number of nitrogens with one attached hydrogen (secondary N) is 2. The number of sulfonamides is 1. The van der Waals surface area contributed by atoms with Crippen LogP contribution in [0.1, 0.15) is 46.5 Å². The first-order chi connectivity index (χ1) is 14.0. The van der Waals surface area contributed by atoms with Crippen molar-refractivity contribution < 1.29 is 13.2 Å². The van der Waals surface area contributed by atoms with Crippen LogP contribution in [0.15, 0.2) is 34.5 Å². The second-order valence-corrected chi connectivity index (χ2v) is 10.8. The molecule has 2 aromatic rings. The molecule has 3 heterocycles. The van der Waals surface area contributed by atoms with E-state index in [1.54, 1.807) is 29.5 Å². The predicted molar refractivity (Wildman–Crippen MR) is 114 cm³/mol. The van der Waals surface area contributed by atoms with E-state index in [0.29, 0.717) is 12.2 Å². The highest BCUT2D eigenvalue weighted by Gasteiger charge is 2.37. The second-order valence-electron chi connectivity index (χ2n) is 8.15. The molecule has 0 saturated carbocycles. The third-order valence-electron chi connectivity index (χ3n) is 6.28. The summed E-state index contributed by atoms with van der Waals surface area (Å²) in [7, 11) is -3.55. The molecule has 0 bridgehead atoms. The fourth-order valence-electron chi connectivity index (χ4n) is 4.77. The van der Waals surface area contributed by atoms with Gasteiger partial charge in [-0.3, -0.25) is 4.79 Å². The number of hydrogen-bond donors (Lipinski definition) is 2. The molecule has 154 valence electrons. The highest BCUT2D eigenvalue weighted by molar-refractivity contribution is 7.89. The van der Waals surface area contributed by atoms with Gasteiger partial charge in [-0.2, -0.15) is 4.72 Å². The number of fused-ring (bicyclic) bond motifs is 2. The van der Waals surface area contributed by atoms with Crippen LogP contribution in [-0.2, 0) is 22.9 Å². The molecule has 2 atom stereocenters. The summed E-state index contributed by atoms with van der Waals surface area (Å²) < 4.78 is 28.1. The zero-order valence-corrected chi connectivity index (χ0v) is 17.8. The van der Waals surface area contributed by atoms with Crippen molar-refractivity contribution in [3.8, 4) is 0 Å². The van der Waals surface area contributed by atoms with E-state index in [4.69, 9.17) is 0 Å². The third kappa shape index (κ3) is 3.47. The number of rotatable bonds is 2. The number of piperidine rings is 1. The largest absolute Gasteiger partial charge is 0.368 e. The number of carbonyl (C=O) groups is 1. The van der Waals surface area contributed by atoms with Crippen molar-refractivity contribution in [3.05, 3.63) is 45.6 Å². The number of nitrogens with zero attached hydrogens (tertiary/aromatic N) is 1. The zero-order valence-electron chi connectivity index (χ0n) is 16.2. The van der Waals surface area contributed by atoms with Gasteiger partial charge in [-0.1, -0.05) is 12.1 Å². The predicted octanol–water partition coefficient (Wildman–Crippen LogP) is 3.21. The van der Waals surface area contributed by atoms with Crippen molar-refractivity contribution in [2.24, 2.45) is 5.92 Å². The van der Waals surface area contributed by atoms with Crippen molar-refractivity contribution in [2.75, 3.05) is 18.4 Å². The second kappa shape index (κ2) is 7.41. The Hall–Kier alpha value is -1.90. The Morgan fingerprint density at radius 3 is 2.86 bits per heavy atom. The van der Waals surface area contributed by atoms with E-state index in [0.717, 1.165) is 44.2 Å². The van der Waals surface area contributed by atoms with Gasteiger partial charge in [-0.25, -0.2) is 8.42 Å². The summed E-state index contributed by atoms with van der Waals surface area (Å²) in [5.41, 5.74) is 2.75. The van der Waals surface area contributed by atoms with Crippen LogP contribution in [0, 0.1) is 5.92 Å². The molecular formula is C21H25N3O3S2. The number of carbonyl (C=O) groups excluding carboxylic acids is 1. The molecule has 5 rings (SSSR count). The van der Waals surface area contributed by atoms with Crippen molar-refractivity contribution in [3.63, 3.8) is 0 Å². The monoisotopic (exact) mass is 431 g/mol. The van der Waals surface area contributed by atoms with Gasteiger partial charge in [-0.15, -0.1) is 11.3 Å². The van der Waals surface area contributed by atoms with Crippen LogP contribution < -0.4 is 10.0 Å². The summed E-state index contributed by atoms with van der Waals surface area (Å²) in [6.07, 6.45) is 5.81. The minimum atomic E-state index is -3.55. The molecule has 3 aliphatic rings. The number of amides is 1. The molecule has 0 radical (unpaired) electrons. The molecule has 29 heavy (non-hydrogen) atoms. The minimum Gasteiger partial charge on any atom is -0.368 e. The Labute approximate surface area is 175 Å². The van der Waals surface area contributed by atoms with Crippen LogP contribution in [0.3, 0.4) is 0 Å². The van der Waals surface area contributed by atoms with E-state index in [9.17, 15) is 13.2 Å². The van der Waals surface area contributed by atoms with Crippen molar-refractivity contribution in [2.45, 2.75) is 49.6 Å². The normalized spacial score (nSPS) is 25.6. The van der Waals surface area contributed by atoms with Gasteiger partial charge < -0.3 is 10.2 Å². The van der Waals surface area contributed by atoms with Gasteiger partial charge in [0, 0.05) is 29.3 Å². The first-order valence-corrected chi connectivity index (χ1v) is 12.7. The highest BCUT2D eigenvalue weighted by Crippen LogP contribution is 2.33. The summed E-state index contributed by atoms with van der Waals surface area (Å²) in [5, 5.41) is 5.37. The number of hydrogen-bond acceptors (Lipinski definition) is 5. The maximum Gasteiger partial charge on any atom is 0.254 e.